The second kappa shape index (κ2) is 6.29. The minimum Gasteiger partial charge on any atom is -0.368 e. The predicted octanol–water partition coefficient (Wildman–Crippen LogP) is 0.564. The van der Waals surface area contributed by atoms with Crippen molar-refractivity contribution in [3.8, 4) is 0 Å². The van der Waals surface area contributed by atoms with Gasteiger partial charge in [0, 0.05) is 38.8 Å². The molecule has 2 fully saturated rings. The number of piperidine rings is 1. The molecule has 0 saturated carbocycles. The molecule has 4 rings (SSSR count). The van der Waals surface area contributed by atoms with Crippen LogP contribution in [0.2, 0.25) is 0 Å². The molecule has 7 nitrogen and oxygen atoms in total. The summed E-state index contributed by atoms with van der Waals surface area (Å²) in [5.41, 5.74) is 1.71. The van der Waals surface area contributed by atoms with Gasteiger partial charge in [0.15, 0.2) is 0 Å². The van der Waals surface area contributed by atoms with Gasteiger partial charge in [-0.2, -0.15) is 0 Å². The zero-order chi connectivity index (χ0) is 16.7. The SMILES string of the molecule is Cc1nc2c(c(=O)[nH]1)CN(C1CCN(C(=O)[C@H]3CCCO3)CC1)C2. The number of carbonyl (C=O) groups is 1. The molecule has 2 saturated heterocycles. The molecule has 1 atom stereocenters. The van der Waals surface area contributed by atoms with Gasteiger partial charge in [-0.1, -0.05) is 0 Å². The van der Waals surface area contributed by atoms with Crippen LogP contribution in [0.25, 0.3) is 0 Å². The van der Waals surface area contributed by atoms with Gasteiger partial charge in [0.05, 0.1) is 11.3 Å². The molecule has 0 radical (unpaired) electrons. The van der Waals surface area contributed by atoms with Crippen LogP contribution in [0.1, 0.15) is 42.8 Å². The van der Waals surface area contributed by atoms with E-state index in [4.69, 9.17) is 4.74 Å². The van der Waals surface area contributed by atoms with E-state index in [2.05, 4.69) is 14.9 Å². The Balaban J connectivity index is 1.36. The third-order valence-electron chi connectivity index (χ3n) is 5.43. The van der Waals surface area contributed by atoms with E-state index >= 15 is 0 Å². The van der Waals surface area contributed by atoms with Crippen LogP contribution in [0, 0.1) is 6.92 Å². The predicted molar refractivity (Wildman–Crippen MR) is 87.4 cm³/mol. The third-order valence-corrected chi connectivity index (χ3v) is 5.43. The van der Waals surface area contributed by atoms with Gasteiger partial charge in [0.25, 0.3) is 11.5 Å². The topological polar surface area (TPSA) is 78.5 Å². The number of aromatic nitrogens is 2. The van der Waals surface area contributed by atoms with E-state index in [1.165, 1.54) is 0 Å². The first-order valence-electron chi connectivity index (χ1n) is 8.85. The number of nitrogens with one attached hydrogen (secondary N) is 1. The summed E-state index contributed by atoms with van der Waals surface area (Å²) < 4.78 is 5.51. The maximum absolute atomic E-state index is 12.4. The van der Waals surface area contributed by atoms with Gasteiger partial charge in [0.1, 0.15) is 11.9 Å². The van der Waals surface area contributed by atoms with E-state index in [9.17, 15) is 9.59 Å². The number of hydrogen-bond donors (Lipinski definition) is 1. The highest BCUT2D eigenvalue weighted by atomic mass is 16.5. The largest absolute Gasteiger partial charge is 0.368 e. The minimum atomic E-state index is -0.219. The standard InChI is InChI=1S/C17H24N4O3/c1-11-18-14-10-21(9-13(14)16(22)19-11)12-4-6-20(7-5-12)17(23)15-3-2-8-24-15/h12,15H,2-10H2,1H3,(H,18,19,22)/t15-/m1/s1. The average molecular weight is 332 g/mol. The summed E-state index contributed by atoms with van der Waals surface area (Å²) in [6, 6.07) is 0.410. The normalized spacial score (nSPS) is 25.2. The monoisotopic (exact) mass is 332 g/mol. The molecule has 0 aromatic carbocycles. The second-order valence-electron chi connectivity index (χ2n) is 7.04. The Labute approximate surface area is 141 Å². The van der Waals surface area contributed by atoms with Crippen LogP contribution in [0.3, 0.4) is 0 Å². The van der Waals surface area contributed by atoms with Crippen molar-refractivity contribution in [3.05, 3.63) is 27.4 Å². The van der Waals surface area contributed by atoms with E-state index in [1.807, 2.05) is 11.8 Å². The number of fused-ring (bicyclic) bond motifs is 1. The number of ether oxygens (including phenoxy) is 1. The number of carbonyl (C=O) groups excluding carboxylic acids is 1. The summed E-state index contributed by atoms with van der Waals surface area (Å²) >= 11 is 0. The quantitative estimate of drug-likeness (QED) is 0.856. The van der Waals surface area contributed by atoms with Crippen molar-refractivity contribution in [3.63, 3.8) is 0 Å². The molecular weight excluding hydrogens is 308 g/mol. The molecule has 0 spiro atoms. The minimum absolute atomic E-state index is 0.00834. The second-order valence-corrected chi connectivity index (χ2v) is 7.04. The first-order chi connectivity index (χ1) is 11.6. The van der Waals surface area contributed by atoms with Crippen LogP contribution < -0.4 is 5.56 Å². The van der Waals surface area contributed by atoms with Gasteiger partial charge in [-0.05, 0) is 32.6 Å². The zero-order valence-corrected chi connectivity index (χ0v) is 14.1. The Morgan fingerprint density at radius 1 is 1.25 bits per heavy atom. The Morgan fingerprint density at radius 3 is 2.75 bits per heavy atom. The molecule has 3 aliphatic rings. The highest BCUT2D eigenvalue weighted by molar-refractivity contribution is 5.81. The van der Waals surface area contributed by atoms with E-state index in [-0.39, 0.29) is 17.6 Å². The number of nitrogens with zero attached hydrogens (tertiary/aromatic N) is 3. The van der Waals surface area contributed by atoms with Gasteiger partial charge in [-0.25, -0.2) is 4.98 Å². The molecule has 0 aliphatic carbocycles. The molecule has 0 unspecified atom stereocenters. The van der Waals surface area contributed by atoms with Gasteiger partial charge < -0.3 is 14.6 Å². The summed E-state index contributed by atoms with van der Waals surface area (Å²) in [4.78, 5) is 36.0. The number of H-pyrrole nitrogens is 1. The number of amides is 1. The first-order valence-corrected chi connectivity index (χ1v) is 8.85. The van der Waals surface area contributed by atoms with Crippen LogP contribution >= 0.6 is 0 Å². The molecule has 4 heterocycles. The van der Waals surface area contributed by atoms with Crippen LogP contribution in [0.5, 0.6) is 0 Å². The van der Waals surface area contributed by atoms with Crippen LogP contribution in [0.15, 0.2) is 4.79 Å². The molecule has 1 aromatic heterocycles. The molecule has 130 valence electrons. The van der Waals surface area contributed by atoms with Gasteiger partial charge in [-0.15, -0.1) is 0 Å². The lowest BCUT2D eigenvalue weighted by Crippen LogP contribution is -2.48. The fraction of sp³-hybridized carbons (Fsp3) is 0.706. The smallest absolute Gasteiger partial charge is 0.255 e. The molecule has 1 amide bonds. The fourth-order valence-corrected chi connectivity index (χ4v) is 4.10. The van der Waals surface area contributed by atoms with Crippen LogP contribution in [-0.2, 0) is 22.6 Å². The van der Waals surface area contributed by atoms with E-state index < -0.39 is 0 Å². The highest BCUT2D eigenvalue weighted by Gasteiger charge is 2.34. The fourth-order valence-electron chi connectivity index (χ4n) is 4.10. The number of aryl methyl sites for hydroxylation is 1. The molecule has 3 aliphatic heterocycles. The Morgan fingerprint density at radius 2 is 2.04 bits per heavy atom. The van der Waals surface area contributed by atoms with Crippen molar-refractivity contribution in [2.45, 2.75) is 57.8 Å². The van der Waals surface area contributed by atoms with Crippen molar-refractivity contribution in [1.82, 2.24) is 19.8 Å². The van der Waals surface area contributed by atoms with Crippen molar-refractivity contribution in [1.29, 1.82) is 0 Å². The lowest BCUT2D eigenvalue weighted by molar-refractivity contribution is -0.142. The maximum Gasteiger partial charge on any atom is 0.255 e. The van der Waals surface area contributed by atoms with Crippen molar-refractivity contribution in [2.75, 3.05) is 19.7 Å². The lowest BCUT2D eigenvalue weighted by atomic mass is 10.0. The number of hydrogen-bond acceptors (Lipinski definition) is 5. The summed E-state index contributed by atoms with van der Waals surface area (Å²) in [7, 11) is 0. The molecule has 1 N–H and O–H groups in total. The summed E-state index contributed by atoms with van der Waals surface area (Å²) in [5.74, 6) is 0.835. The zero-order valence-electron chi connectivity index (χ0n) is 14.1. The van der Waals surface area contributed by atoms with Gasteiger partial charge >= 0.3 is 0 Å². The van der Waals surface area contributed by atoms with Crippen molar-refractivity contribution in [2.24, 2.45) is 0 Å². The molecule has 7 heteroatoms. The van der Waals surface area contributed by atoms with Crippen LogP contribution in [0.4, 0.5) is 0 Å². The summed E-state index contributed by atoms with van der Waals surface area (Å²) in [6.07, 6.45) is 3.52. The van der Waals surface area contributed by atoms with E-state index in [0.29, 0.717) is 25.0 Å². The molecule has 0 bridgehead atoms. The van der Waals surface area contributed by atoms with E-state index in [0.717, 1.165) is 56.6 Å². The van der Waals surface area contributed by atoms with Crippen molar-refractivity contribution >= 4 is 5.91 Å². The highest BCUT2D eigenvalue weighted by Crippen LogP contribution is 2.26. The van der Waals surface area contributed by atoms with Crippen LogP contribution in [-0.4, -0.2) is 57.5 Å². The van der Waals surface area contributed by atoms with E-state index in [1.54, 1.807) is 0 Å². The lowest BCUT2D eigenvalue weighted by Gasteiger charge is -2.37. The Kier molecular flexibility index (Phi) is 4.14. The average Bonchev–Trinajstić information content (AvgIpc) is 3.24. The Hall–Kier alpha value is -1.73. The third kappa shape index (κ3) is 2.86. The number of aromatic amines is 1. The molecule has 24 heavy (non-hydrogen) atoms. The van der Waals surface area contributed by atoms with Gasteiger partial charge in [-0.3, -0.25) is 14.5 Å². The molecule has 1 aromatic rings. The maximum atomic E-state index is 12.4. The summed E-state index contributed by atoms with van der Waals surface area (Å²) in [5, 5.41) is 0. The number of rotatable bonds is 2. The summed E-state index contributed by atoms with van der Waals surface area (Å²) in [6.45, 7) is 5.49. The van der Waals surface area contributed by atoms with Crippen molar-refractivity contribution < 1.29 is 9.53 Å². The molecular formula is C17H24N4O3. The number of likely N-dealkylation sites (tertiary alicyclic amines) is 1. The first kappa shape index (κ1) is 15.8. The Bertz CT molecular complexity index is 688. The van der Waals surface area contributed by atoms with Gasteiger partial charge in [0.2, 0.25) is 0 Å².